The number of aromatic nitrogens is 1. The van der Waals surface area contributed by atoms with Crippen molar-refractivity contribution in [3.05, 3.63) is 40.4 Å². The molecule has 86 valence electrons. The van der Waals surface area contributed by atoms with Gasteiger partial charge in [0.1, 0.15) is 16.5 Å². The number of pyridine rings is 1. The number of nitrogens with zero attached hydrogens (tertiary/aromatic N) is 1. The number of hydrogen-bond donors (Lipinski definition) is 1. The van der Waals surface area contributed by atoms with Gasteiger partial charge >= 0.3 is 0 Å². The van der Waals surface area contributed by atoms with E-state index in [9.17, 15) is 8.78 Å². The van der Waals surface area contributed by atoms with Gasteiger partial charge in [0.15, 0.2) is 0 Å². The molecule has 6 heteroatoms. The van der Waals surface area contributed by atoms with Crippen LogP contribution in [0.3, 0.4) is 0 Å². The lowest BCUT2D eigenvalue weighted by molar-refractivity contribution is 0.146. The van der Waals surface area contributed by atoms with Gasteiger partial charge in [-0.15, -0.1) is 0 Å². The number of H-pyrrole nitrogens is 1. The smallest absolute Gasteiger partial charge is 0.278 e. The molecule has 0 aliphatic rings. The highest BCUT2D eigenvalue weighted by Crippen LogP contribution is 2.28. The lowest BCUT2D eigenvalue weighted by Crippen LogP contribution is -1.95. The lowest BCUT2D eigenvalue weighted by Gasteiger charge is -2.05. The van der Waals surface area contributed by atoms with Gasteiger partial charge in [-0.2, -0.15) is 5.26 Å². The van der Waals surface area contributed by atoms with Crippen LogP contribution in [-0.2, 0) is 0 Å². The number of nitriles is 1. The first-order valence-electron chi connectivity index (χ1n) is 4.63. The molecule has 0 radical (unpaired) electrons. The van der Waals surface area contributed by atoms with E-state index in [2.05, 4.69) is 4.98 Å². The number of nitrogens with one attached hydrogen (secondary N) is 1. The normalized spacial score (nSPS) is 10.5. The first-order valence-corrected chi connectivity index (χ1v) is 5.03. The van der Waals surface area contributed by atoms with Crippen molar-refractivity contribution in [3.63, 3.8) is 0 Å². The molecule has 0 saturated heterocycles. The maximum absolute atomic E-state index is 12.6. The van der Waals surface area contributed by atoms with Crippen LogP contribution in [0.5, 0.6) is 0 Å². The lowest BCUT2D eigenvalue weighted by atomic mass is 10.1. The molecule has 2 aromatic rings. The van der Waals surface area contributed by atoms with Gasteiger partial charge in [0, 0.05) is 5.56 Å². The fourth-order valence-corrected chi connectivity index (χ4v) is 1.71. The summed E-state index contributed by atoms with van der Waals surface area (Å²) in [6.45, 7) is 0. The van der Waals surface area contributed by atoms with Crippen LogP contribution in [0.4, 0.5) is 8.78 Å². The summed E-state index contributed by atoms with van der Waals surface area (Å²) in [6, 6.07) is 6.25. The largest absolute Gasteiger partial charge is 0.464 e. The van der Waals surface area contributed by atoms with Gasteiger partial charge in [0.25, 0.3) is 6.43 Å². The number of furan rings is 1. The van der Waals surface area contributed by atoms with E-state index in [-0.39, 0.29) is 21.5 Å². The zero-order chi connectivity index (χ0) is 12.4. The van der Waals surface area contributed by atoms with Crippen LogP contribution in [0.25, 0.3) is 11.3 Å². The summed E-state index contributed by atoms with van der Waals surface area (Å²) in [7, 11) is 0. The molecular weight excluding hydrogens is 246 g/mol. The fraction of sp³-hybridized carbons (Fsp3) is 0.0909. The van der Waals surface area contributed by atoms with E-state index in [1.54, 1.807) is 12.1 Å². The Morgan fingerprint density at radius 3 is 2.76 bits per heavy atom. The van der Waals surface area contributed by atoms with Crippen LogP contribution in [0.1, 0.15) is 17.7 Å². The summed E-state index contributed by atoms with van der Waals surface area (Å²) < 4.78 is 30.3. The molecule has 0 unspecified atom stereocenters. The van der Waals surface area contributed by atoms with E-state index in [0.717, 1.165) is 0 Å². The minimum Gasteiger partial charge on any atom is -0.464 e. The molecule has 0 fully saturated rings. The van der Waals surface area contributed by atoms with E-state index in [4.69, 9.17) is 21.9 Å². The highest BCUT2D eigenvalue weighted by atomic mass is 32.1. The molecule has 0 saturated carbocycles. The Morgan fingerprint density at radius 1 is 1.47 bits per heavy atom. The van der Waals surface area contributed by atoms with E-state index in [0.29, 0.717) is 5.76 Å². The first-order chi connectivity index (χ1) is 8.13. The first kappa shape index (κ1) is 11.5. The van der Waals surface area contributed by atoms with Gasteiger partial charge in [-0.1, -0.05) is 12.2 Å². The third kappa shape index (κ3) is 2.10. The SMILES string of the molecule is N#Cc1c(-c2ccco2)cc(C(F)F)[nH]c1=S. The highest BCUT2D eigenvalue weighted by Gasteiger charge is 2.15. The van der Waals surface area contributed by atoms with Crippen molar-refractivity contribution in [3.8, 4) is 17.4 Å². The van der Waals surface area contributed by atoms with E-state index < -0.39 is 6.43 Å². The molecule has 2 heterocycles. The summed E-state index contributed by atoms with van der Waals surface area (Å²) in [5.74, 6) is 0.337. The average Bonchev–Trinajstić information content (AvgIpc) is 2.81. The summed E-state index contributed by atoms with van der Waals surface area (Å²) in [5.41, 5.74) is 0.0660. The van der Waals surface area contributed by atoms with Crippen LogP contribution in [0, 0.1) is 16.0 Å². The van der Waals surface area contributed by atoms with Crippen molar-refractivity contribution in [2.24, 2.45) is 0 Å². The highest BCUT2D eigenvalue weighted by molar-refractivity contribution is 7.71. The Kier molecular flexibility index (Phi) is 3.02. The van der Waals surface area contributed by atoms with Gasteiger partial charge < -0.3 is 9.40 Å². The minimum atomic E-state index is -2.68. The topological polar surface area (TPSA) is 52.7 Å². The number of halogens is 2. The van der Waals surface area contributed by atoms with Gasteiger partial charge in [0.2, 0.25) is 0 Å². The summed E-state index contributed by atoms with van der Waals surface area (Å²) in [6.07, 6.45) is -1.28. The quantitative estimate of drug-likeness (QED) is 0.827. The number of rotatable bonds is 2. The van der Waals surface area contributed by atoms with Gasteiger partial charge in [-0.25, -0.2) is 8.78 Å². The molecule has 2 aromatic heterocycles. The molecule has 0 aliphatic heterocycles. The monoisotopic (exact) mass is 252 g/mol. The number of hydrogen-bond acceptors (Lipinski definition) is 3. The average molecular weight is 252 g/mol. The van der Waals surface area contributed by atoms with Crippen molar-refractivity contribution in [2.75, 3.05) is 0 Å². The Morgan fingerprint density at radius 2 is 2.24 bits per heavy atom. The Bertz CT molecular complexity index is 626. The molecule has 0 amide bonds. The summed E-state index contributed by atoms with van der Waals surface area (Å²) in [5, 5.41) is 8.96. The predicted octanol–water partition coefficient (Wildman–Crippen LogP) is 3.81. The van der Waals surface area contributed by atoms with Crippen LogP contribution in [0.15, 0.2) is 28.9 Å². The number of aromatic amines is 1. The van der Waals surface area contributed by atoms with Crippen LogP contribution in [0.2, 0.25) is 0 Å². The fourth-order valence-electron chi connectivity index (χ4n) is 1.43. The Hall–Kier alpha value is -2.00. The Balaban J connectivity index is 2.73. The second kappa shape index (κ2) is 4.47. The maximum atomic E-state index is 12.6. The van der Waals surface area contributed by atoms with Crippen molar-refractivity contribution in [1.82, 2.24) is 4.98 Å². The maximum Gasteiger partial charge on any atom is 0.278 e. The molecule has 0 aromatic carbocycles. The molecule has 2 rings (SSSR count). The van der Waals surface area contributed by atoms with Crippen molar-refractivity contribution < 1.29 is 13.2 Å². The van der Waals surface area contributed by atoms with Crippen LogP contribution in [-0.4, -0.2) is 4.98 Å². The molecule has 0 spiro atoms. The van der Waals surface area contributed by atoms with Gasteiger partial charge in [-0.05, 0) is 18.2 Å². The summed E-state index contributed by atoms with van der Waals surface area (Å²) in [4.78, 5) is 2.33. The Labute approximate surface area is 100 Å². The van der Waals surface area contributed by atoms with Crippen LogP contribution < -0.4 is 0 Å². The van der Waals surface area contributed by atoms with E-state index in [1.807, 2.05) is 6.07 Å². The standard InChI is InChI=1S/C11H6F2N2OS/c12-10(13)8-4-6(9-2-1-3-16-9)7(5-14)11(17)15-8/h1-4,10H,(H,15,17). The molecule has 0 bridgehead atoms. The molecule has 3 nitrogen and oxygen atoms in total. The second-order valence-electron chi connectivity index (χ2n) is 3.23. The molecule has 0 aliphatic carbocycles. The van der Waals surface area contributed by atoms with Crippen molar-refractivity contribution in [1.29, 1.82) is 5.26 Å². The van der Waals surface area contributed by atoms with Crippen LogP contribution >= 0.6 is 12.2 Å². The molecule has 17 heavy (non-hydrogen) atoms. The van der Waals surface area contributed by atoms with Crippen molar-refractivity contribution >= 4 is 12.2 Å². The zero-order valence-electron chi connectivity index (χ0n) is 8.41. The third-order valence-corrected chi connectivity index (χ3v) is 2.49. The molecule has 0 atom stereocenters. The van der Waals surface area contributed by atoms with E-state index in [1.165, 1.54) is 12.3 Å². The van der Waals surface area contributed by atoms with E-state index >= 15 is 0 Å². The third-order valence-electron chi connectivity index (χ3n) is 2.19. The minimum absolute atomic E-state index is 0.0169. The predicted molar refractivity (Wildman–Crippen MR) is 59.0 cm³/mol. The zero-order valence-corrected chi connectivity index (χ0v) is 9.22. The number of alkyl halides is 2. The van der Waals surface area contributed by atoms with Crippen molar-refractivity contribution in [2.45, 2.75) is 6.43 Å². The summed E-state index contributed by atoms with van der Waals surface area (Å²) >= 11 is 4.87. The van der Waals surface area contributed by atoms with Gasteiger partial charge in [-0.3, -0.25) is 0 Å². The molecule has 1 N–H and O–H groups in total. The van der Waals surface area contributed by atoms with Gasteiger partial charge in [0.05, 0.1) is 17.5 Å². The second-order valence-corrected chi connectivity index (χ2v) is 3.64. The molecular formula is C11H6F2N2OS.